The fraction of sp³-hybridized carbons (Fsp3) is 1.00. The molecule has 0 aromatic rings. The smallest absolute Gasteiger partial charge is 0.0110 e. The van der Waals surface area contributed by atoms with Crippen molar-refractivity contribution in [2.24, 2.45) is 11.3 Å². The molecular formula is C17H35N3. The third kappa shape index (κ3) is 5.34. The number of rotatable bonds is 3. The van der Waals surface area contributed by atoms with E-state index in [1.54, 1.807) is 0 Å². The number of nitrogens with zero attached hydrogens (tertiary/aromatic N) is 2. The fourth-order valence-corrected chi connectivity index (χ4v) is 3.65. The van der Waals surface area contributed by atoms with Crippen molar-refractivity contribution in [3.8, 4) is 0 Å². The van der Waals surface area contributed by atoms with Crippen LogP contribution in [0.25, 0.3) is 0 Å². The molecule has 1 unspecified atom stereocenters. The molecule has 0 radical (unpaired) electrons. The third-order valence-electron chi connectivity index (χ3n) is 5.21. The average Bonchev–Trinajstić information content (AvgIpc) is 2.78. The molecule has 0 spiro atoms. The lowest BCUT2D eigenvalue weighted by Gasteiger charge is -2.30. The van der Waals surface area contributed by atoms with Crippen LogP contribution in [0.4, 0.5) is 0 Å². The van der Waals surface area contributed by atoms with Gasteiger partial charge in [-0.2, -0.15) is 0 Å². The van der Waals surface area contributed by atoms with E-state index in [1.807, 2.05) is 0 Å². The summed E-state index contributed by atoms with van der Waals surface area (Å²) < 4.78 is 0. The van der Waals surface area contributed by atoms with Gasteiger partial charge < -0.3 is 15.1 Å². The van der Waals surface area contributed by atoms with Crippen LogP contribution in [0.5, 0.6) is 0 Å². The van der Waals surface area contributed by atoms with E-state index in [0.29, 0.717) is 5.41 Å². The molecule has 0 aromatic heterocycles. The molecule has 2 fully saturated rings. The van der Waals surface area contributed by atoms with Crippen molar-refractivity contribution in [2.45, 2.75) is 46.5 Å². The van der Waals surface area contributed by atoms with Crippen molar-refractivity contribution in [3.63, 3.8) is 0 Å². The van der Waals surface area contributed by atoms with Gasteiger partial charge in [-0.15, -0.1) is 0 Å². The molecule has 0 amide bonds. The van der Waals surface area contributed by atoms with Crippen molar-refractivity contribution in [1.29, 1.82) is 0 Å². The topological polar surface area (TPSA) is 18.5 Å². The minimum atomic E-state index is 0.493. The third-order valence-corrected chi connectivity index (χ3v) is 5.21. The van der Waals surface area contributed by atoms with E-state index >= 15 is 0 Å². The predicted octanol–water partition coefficient (Wildman–Crippen LogP) is 2.43. The van der Waals surface area contributed by atoms with Gasteiger partial charge in [-0.05, 0) is 63.2 Å². The largest absolute Gasteiger partial charge is 0.315 e. The lowest BCUT2D eigenvalue weighted by molar-refractivity contribution is 0.194. The van der Waals surface area contributed by atoms with Crippen molar-refractivity contribution < 1.29 is 0 Å². The zero-order valence-electron chi connectivity index (χ0n) is 14.0. The van der Waals surface area contributed by atoms with E-state index in [2.05, 4.69) is 35.9 Å². The first-order valence-electron chi connectivity index (χ1n) is 8.71. The van der Waals surface area contributed by atoms with E-state index in [1.165, 1.54) is 78.0 Å². The van der Waals surface area contributed by atoms with Gasteiger partial charge in [0.25, 0.3) is 0 Å². The van der Waals surface area contributed by atoms with E-state index in [9.17, 15) is 0 Å². The monoisotopic (exact) mass is 281 g/mol. The molecule has 2 saturated heterocycles. The van der Waals surface area contributed by atoms with Crippen LogP contribution in [0.15, 0.2) is 0 Å². The molecule has 2 rings (SSSR count). The summed E-state index contributed by atoms with van der Waals surface area (Å²) in [5, 5.41) is 3.49. The van der Waals surface area contributed by atoms with E-state index in [4.69, 9.17) is 0 Å². The molecule has 118 valence electrons. The predicted molar refractivity (Wildman–Crippen MR) is 87.2 cm³/mol. The van der Waals surface area contributed by atoms with Crippen LogP contribution in [0.2, 0.25) is 0 Å². The molecule has 0 saturated carbocycles. The zero-order valence-corrected chi connectivity index (χ0v) is 14.0. The summed E-state index contributed by atoms with van der Waals surface area (Å²) in [7, 11) is 0. The summed E-state index contributed by atoms with van der Waals surface area (Å²) >= 11 is 0. The van der Waals surface area contributed by atoms with Crippen molar-refractivity contribution in [1.82, 2.24) is 15.1 Å². The molecule has 0 bridgehead atoms. The Morgan fingerprint density at radius 1 is 0.850 bits per heavy atom. The minimum absolute atomic E-state index is 0.493. The Balaban J connectivity index is 1.71. The van der Waals surface area contributed by atoms with Crippen LogP contribution in [-0.2, 0) is 0 Å². The lowest BCUT2D eigenvalue weighted by atomic mass is 9.77. The maximum absolute atomic E-state index is 3.49. The highest BCUT2D eigenvalue weighted by molar-refractivity contribution is 4.79. The van der Waals surface area contributed by atoms with Gasteiger partial charge in [0.2, 0.25) is 0 Å². The first-order chi connectivity index (χ1) is 9.55. The number of hydrogen-bond donors (Lipinski definition) is 1. The van der Waals surface area contributed by atoms with Crippen molar-refractivity contribution in [2.75, 3.05) is 52.4 Å². The molecule has 3 nitrogen and oxygen atoms in total. The van der Waals surface area contributed by atoms with Gasteiger partial charge in [0, 0.05) is 26.2 Å². The normalized spacial score (nSPS) is 28.1. The summed E-state index contributed by atoms with van der Waals surface area (Å²) in [5.41, 5.74) is 0.493. The molecule has 2 aliphatic heterocycles. The second-order valence-corrected chi connectivity index (χ2v) is 7.78. The van der Waals surface area contributed by atoms with Crippen LogP contribution in [0.3, 0.4) is 0 Å². The van der Waals surface area contributed by atoms with Crippen LogP contribution < -0.4 is 5.32 Å². The first-order valence-corrected chi connectivity index (χ1v) is 8.71. The van der Waals surface area contributed by atoms with Crippen molar-refractivity contribution in [3.05, 3.63) is 0 Å². The van der Waals surface area contributed by atoms with Crippen LogP contribution >= 0.6 is 0 Å². The van der Waals surface area contributed by atoms with Crippen LogP contribution in [-0.4, -0.2) is 62.2 Å². The Labute approximate surface area is 126 Å². The molecule has 2 heterocycles. The summed E-state index contributed by atoms with van der Waals surface area (Å²) in [5.74, 6) is 0.912. The van der Waals surface area contributed by atoms with Gasteiger partial charge in [-0.1, -0.05) is 20.8 Å². The lowest BCUT2D eigenvalue weighted by Crippen LogP contribution is -2.37. The SMILES string of the molecule is CC(C)(C)C1CCCN(CCN2CCCNCC2)CC1. The highest BCUT2D eigenvalue weighted by Gasteiger charge is 2.27. The van der Waals surface area contributed by atoms with Gasteiger partial charge in [-0.3, -0.25) is 0 Å². The number of nitrogens with one attached hydrogen (secondary N) is 1. The highest BCUT2D eigenvalue weighted by atomic mass is 15.2. The molecule has 0 aliphatic carbocycles. The molecule has 2 aliphatic rings. The van der Waals surface area contributed by atoms with Crippen molar-refractivity contribution >= 4 is 0 Å². The van der Waals surface area contributed by atoms with Gasteiger partial charge in [0.05, 0.1) is 0 Å². The fourth-order valence-electron chi connectivity index (χ4n) is 3.65. The first kappa shape index (κ1) is 16.3. The van der Waals surface area contributed by atoms with E-state index in [-0.39, 0.29) is 0 Å². The van der Waals surface area contributed by atoms with Gasteiger partial charge in [0.1, 0.15) is 0 Å². The highest BCUT2D eigenvalue weighted by Crippen LogP contribution is 2.34. The van der Waals surface area contributed by atoms with Crippen LogP contribution in [0.1, 0.15) is 46.5 Å². The maximum atomic E-state index is 3.49. The van der Waals surface area contributed by atoms with Gasteiger partial charge in [0.15, 0.2) is 0 Å². The standard InChI is InChI=1S/C17H35N3/c1-17(2,3)16-6-4-10-19(12-7-16)14-15-20-11-5-8-18-9-13-20/h16,18H,4-15H2,1-3H3. The Morgan fingerprint density at radius 3 is 2.30 bits per heavy atom. The molecule has 0 aromatic carbocycles. The van der Waals surface area contributed by atoms with Gasteiger partial charge in [-0.25, -0.2) is 0 Å². The van der Waals surface area contributed by atoms with E-state index in [0.717, 1.165) is 5.92 Å². The summed E-state index contributed by atoms with van der Waals surface area (Å²) in [4.78, 5) is 5.36. The molecule has 3 heteroatoms. The Bertz CT molecular complexity index is 264. The molecular weight excluding hydrogens is 246 g/mol. The zero-order chi connectivity index (χ0) is 14.4. The number of likely N-dealkylation sites (tertiary alicyclic amines) is 1. The average molecular weight is 281 g/mol. The summed E-state index contributed by atoms with van der Waals surface area (Å²) in [6, 6.07) is 0. The Kier molecular flexibility index (Phi) is 6.31. The Morgan fingerprint density at radius 2 is 1.55 bits per heavy atom. The maximum Gasteiger partial charge on any atom is 0.0110 e. The molecule has 1 N–H and O–H groups in total. The summed E-state index contributed by atoms with van der Waals surface area (Å²) in [6.07, 6.45) is 5.52. The minimum Gasteiger partial charge on any atom is -0.315 e. The van der Waals surface area contributed by atoms with Gasteiger partial charge >= 0.3 is 0 Å². The van der Waals surface area contributed by atoms with Crippen LogP contribution in [0, 0.1) is 11.3 Å². The quantitative estimate of drug-likeness (QED) is 0.857. The number of hydrogen-bond acceptors (Lipinski definition) is 3. The molecule has 1 atom stereocenters. The molecule has 20 heavy (non-hydrogen) atoms. The summed E-state index contributed by atoms with van der Waals surface area (Å²) in [6.45, 7) is 17.3. The second-order valence-electron chi connectivity index (χ2n) is 7.78. The second kappa shape index (κ2) is 7.77. The van der Waals surface area contributed by atoms with E-state index < -0.39 is 0 Å². The Hall–Kier alpha value is -0.120.